The van der Waals surface area contributed by atoms with Crippen LogP contribution in [-0.4, -0.2) is 21.3 Å². The normalized spacial score (nSPS) is 10.3. The van der Waals surface area contributed by atoms with Gasteiger partial charge in [-0.2, -0.15) is 0 Å². The first kappa shape index (κ1) is 12.4. The molecule has 16 heavy (non-hydrogen) atoms. The first-order valence-electron chi connectivity index (χ1n) is 5.24. The summed E-state index contributed by atoms with van der Waals surface area (Å²) in [6.45, 7) is 1.71. The molecule has 88 valence electrons. The summed E-state index contributed by atoms with van der Waals surface area (Å²) in [6.07, 6.45) is 1.97. The molecule has 0 aliphatic rings. The Morgan fingerprint density at radius 1 is 1.19 bits per heavy atom. The minimum Gasteiger partial charge on any atom is -0.504 e. The number of phenolic OH excluding ortho intramolecular Hbond substituents is 2. The van der Waals surface area contributed by atoms with E-state index in [1.165, 1.54) is 0 Å². The van der Waals surface area contributed by atoms with Crippen LogP contribution in [-0.2, 0) is 11.2 Å². The third-order valence-corrected chi connectivity index (χ3v) is 2.52. The van der Waals surface area contributed by atoms with Crippen LogP contribution in [0.5, 0.6) is 11.5 Å². The van der Waals surface area contributed by atoms with Crippen molar-refractivity contribution in [1.29, 1.82) is 0 Å². The van der Waals surface area contributed by atoms with E-state index in [0.717, 1.165) is 0 Å². The zero-order valence-electron chi connectivity index (χ0n) is 9.23. The van der Waals surface area contributed by atoms with E-state index in [2.05, 4.69) is 0 Å². The molecule has 0 amide bonds. The number of unbranched alkanes of at least 4 members (excludes halogenated alkanes) is 1. The standard InChI is InChI=1S/C12H16O4/c1-8-6-7-9(12(16)11(8)15)4-2-3-5-10(13)14/h6-7,15-16H,2-5H2,1H3,(H,13,14)/i1+1. The van der Waals surface area contributed by atoms with E-state index in [1.54, 1.807) is 19.1 Å². The van der Waals surface area contributed by atoms with E-state index in [1.807, 2.05) is 0 Å². The van der Waals surface area contributed by atoms with Crippen molar-refractivity contribution in [1.82, 2.24) is 0 Å². The minimum atomic E-state index is -0.809. The highest BCUT2D eigenvalue weighted by atomic mass is 16.4. The number of aliphatic carboxylic acids is 1. The summed E-state index contributed by atoms with van der Waals surface area (Å²) in [5, 5.41) is 27.6. The monoisotopic (exact) mass is 225 g/mol. The van der Waals surface area contributed by atoms with Crippen LogP contribution in [0.3, 0.4) is 0 Å². The maximum absolute atomic E-state index is 10.3. The number of rotatable bonds is 5. The number of carbonyl (C=O) groups is 1. The summed E-state index contributed by atoms with van der Waals surface area (Å²) in [5.74, 6) is -0.984. The molecule has 3 N–H and O–H groups in total. The molecule has 0 aliphatic carbocycles. The highest BCUT2D eigenvalue weighted by Gasteiger charge is 2.08. The van der Waals surface area contributed by atoms with E-state index in [4.69, 9.17) is 5.11 Å². The van der Waals surface area contributed by atoms with Crippen LogP contribution in [0.4, 0.5) is 0 Å². The first-order valence-corrected chi connectivity index (χ1v) is 5.24. The SMILES string of the molecule is [13CH3]c1ccc(CCCCC(=O)O)c(O)c1O. The van der Waals surface area contributed by atoms with Gasteiger partial charge in [-0.3, -0.25) is 4.79 Å². The van der Waals surface area contributed by atoms with Crippen LogP contribution in [0.2, 0.25) is 0 Å². The Labute approximate surface area is 94.2 Å². The number of aromatic hydroxyl groups is 2. The van der Waals surface area contributed by atoms with Crippen molar-refractivity contribution in [3.8, 4) is 11.5 Å². The summed E-state index contributed by atoms with van der Waals surface area (Å²) >= 11 is 0. The van der Waals surface area contributed by atoms with E-state index >= 15 is 0 Å². The second-order valence-electron chi connectivity index (χ2n) is 3.84. The van der Waals surface area contributed by atoms with Gasteiger partial charge in [-0.1, -0.05) is 12.1 Å². The number of hydrogen-bond acceptors (Lipinski definition) is 3. The van der Waals surface area contributed by atoms with Crippen molar-refractivity contribution in [3.05, 3.63) is 23.3 Å². The Kier molecular flexibility index (Phi) is 4.17. The quantitative estimate of drug-likeness (QED) is 0.408. The van der Waals surface area contributed by atoms with Gasteiger partial charge < -0.3 is 15.3 Å². The fourth-order valence-electron chi connectivity index (χ4n) is 1.52. The Balaban J connectivity index is 2.55. The molecule has 4 nitrogen and oxygen atoms in total. The molecule has 0 bridgehead atoms. The Morgan fingerprint density at radius 2 is 1.88 bits per heavy atom. The van der Waals surface area contributed by atoms with Crippen molar-refractivity contribution >= 4 is 5.97 Å². The van der Waals surface area contributed by atoms with Crippen LogP contribution in [0.25, 0.3) is 0 Å². The van der Waals surface area contributed by atoms with Crippen molar-refractivity contribution in [2.75, 3.05) is 0 Å². The highest BCUT2D eigenvalue weighted by molar-refractivity contribution is 5.66. The molecule has 0 fully saturated rings. The number of hydrogen-bond donors (Lipinski definition) is 3. The lowest BCUT2D eigenvalue weighted by atomic mass is 10.0. The number of phenols is 2. The molecule has 0 atom stereocenters. The molecule has 0 radical (unpaired) electrons. The van der Waals surface area contributed by atoms with Gasteiger partial charge in [0.1, 0.15) is 0 Å². The van der Waals surface area contributed by atoms with Crippen LogP contribution in [0.1, 0.15) is 30.4 Å². The third-order valence-electron chi connectivity index (χ3n) is 2.52. The molecule has 4 heteroatoms. The lowest BCUT2D eigenvalue weighted by Crippen LogP contribution is -1.95. The van der Waals surface area contributed by atoms with Crippen LogP contribution >= 0.6 is 0 Å². The van der Waals surface area contributed by atoms with Crippen LogP contribution in [0.15, 0.2) is 12.1 Å². The fraction of sp³-hybridized carbons (Fsp3) is 0.417. The molecule has 1 rings (SSSR count). The Morgan fingerprint density at radius 3 is 2.50 bits per heavy atom. The summed E-state index contributed by atoms with van der Waals surface area (Å²) in [6, 6.07) is 3.49. The van der Waals surface area contributed by atoms with Crippen molar-refractivity contribution in [2.45, 2.75) is 32.6 Å². The largest absolute Gasteiger partial charge is 0.504 e. The van der Waals surface area contributed by atoms with Crippen molar-refractivity contribution < 1.29 is 20.1 Å². The van der Waals surface area contributed by atoms with E-state index in [0.29, 0.717) is 30.4 Å². The van der Waals surface area contributed by atoms with E-state index < -0.39 is 5.97 Å². The summed E-state index contributed by atoms with van der Waals surface area (Å²) in [7, 11) is 0. The molecule has 1 aromatic rings. The van der Waals surface area contributed by atoms with Crippen LogP contribution < -0.4 is 0 Å². The fourth-order valence-corrected chi connectivity index (χ4v) is 1.52. The molecule has 0 aromatic heterocycles. The Bertz CT molecular complexity index is 385. The molecule has 0 heterocycles. The number of carboxylic acids is 1. The zero-order valence-corrected chi connectivity index (χ0v) is 9.23. The average molecular weight is 225 g/mol. The van der Waals surface area contributed by atoms with Gasteiger partial charge in [-0.25, -0.2) is 0 Å². The second-order valence-corrected chi connectivity index (χ2v) is 3.84. The number of benzene rings is 1. The van der Waals surface area contributed by atoms with Gasteiger partial charge in [0.05, 0.1) is 0 Å². The zero-order chi connectivity index (χ0) is 12.1. The van der Waals surface area contributed by atoms with E-state index in [-0.39, 0.29) is 17.9 Å². The first-order chi connectivity index (χ1) is 7.52. The van der Waals surface area contributed by atoms with Gasteiger partial charge >= 0.3 is 5.97 Å². The molecule has 0 saturated carbocycles. The Hall–Kier alpha value is -1.71. The predicted molar refractivity (Wildman–Crippen MR) is 59.7 cm³/mol. The lowest BCUT2D eigenvalue weighted by molar-refractivity contribution is -0.137. The van der Waals surface area contributed by atoms with Crippen LogP contribution in [0, 0.1) is 6.92 Å². The molecular weight excluding hydrogens is 209 g/mol. The molecule has 0 saturated heterocycles. The van der Waals surface area contributed by atoms with Gasteiger partial charge in [0.15, 0.2) is 11.5 Å². The van der Waals surface area contributed by atoms with Gasteiger partial charge in [0.25, 0.3) is 0 Å². The third kappa shape index (κ3) is 3.15. The van der Waals surface area contributed by atoms with Gasteiger partial charge in [0.2, 0.25) is 0 Å². The van der Waals surface area contributed by atoms with Crippen molar-refractivity contribution in [2.24, 2.45) is 0 Å². The summed E-state index contributed by atoms with van der Waals surface area (Å²) in [5.41, 5.74) is 1.29. The maximum Gasteiger partial charge on any atom is 0.303 e. The average Bonchev–Trinajstić information content (AvgIpc) is 2.23. The van der Waals surface area contributed by atoms with Gasteiger partial charge in [0, 0.05) is 6.42 Å². The minimum absolute atomic E-state index is 0.0873. The van der Waals surface area contributed by atoms with Gasteiger partial charge in [-0.15, -0.1) is 0 Å². The smallest absolute Gasteiger partial charge is 0.303 e. The highest BCUT2D eigenvalue weighted by Crippen LogP contribution is 2.32. The predicted octanol–water partition coefficient (Wildman–Crippen LogP) is 2.20. The lowest BCUT2D eigenvalue weighted by Gasteiger charge is -2.07. The number of aryl methyl sites for hydroxylation is 2. The molecular formula is C12H16O4. The molecule has 1 aromatic carbocycles. The maximum atomic E-state index is 10.3. The van der Waals surface area contributed by atoms with Crippen molar-refractivity contribution in [3.63, 3.8) is 0 Å². The molecule has 0 unspecified atom stereocenters. The molecule has 0 aliphatic heterocycles. The second kappa shape index (κ2) is 5.39. The summed E-state index contributed by atoms with van der Waals surface area (Å²) < 4.78 is 0. The van der Waals surface area contributed by atoms with Gasteiger partial charge in [-0.05, 0) is 37.3 Å². The summed E-state index contributed by atoms with van der Waals surface area (Å²) in [4.78, 5) is 10.3. The number of carboxylic acid groups (broad SMARTS) is 1. The van der Waals surface area contributed by atoms with E-state index in [9.17, 15) is 15.0 Å². The molecule has 0 spiro atoms. The topological polar surface area (TPSA) is 77.8 Å².